The number of nitrogens with zero attached hydrogens (tertiary/aromatic N) is 1. The van der Waals surface area contributed by atoms with Crippen molar-refractivity contribution in [1.29, 1.82) is 0 Å². The van der Waals surface area contributed by atoms with Crippen molar-refractivity contribution in [2.24, 2.45) is 0 Å². The number of hydrogen-bond donors (Lipinski definition) is 1. The monoisotopic (exact) mass is 350 g/mol. The number of nitrogen functional groups attached to an aromatic ring is 1. The fourth-order valence-corrected chi connectivity index (χ4v) is 2.42. The SMILES string of the molecule is Nc1ccc(CCCOc2cccc([N+](=O)[O-])c2Br)cc1. The molecule has 0 atom stereocenters. The zero-order valence-corrected chi connectivity index (χ0v) is 12.9. The summed E-state index contributed by atoms with van der Waals surface area (Å²) in [6, 6.07) is 12.5. The number of nitro groups is 1. The molecule has 6 heteroatoms. The van der Waals surface area contributed by atoms with Crippen LogP contribution >= 0.6 is 15.9 Å². The first-order valence-electron chi connectivity index (χ1n) is 6.48. The third kappa shape index (κ3) is 4.19. The summed E-state index contributed by atoms with van der Waals surface area (Å²) in [6.45, 7) is 0.490. The number of nitrogens with two attached hydrogens (primary N) is 1. The van der Waals surface area contributed by atoms with Crippen molar-refractivity contribution < 1.29 is 9.66 Å². The second-order valence-electron chi connectivity index (χ2n) is 4.54. The first-order valence-corrected chi connectivity index (χ1v) is 7.27. The van der Waals surface area contributed by atoms with Crippen LogP contribution in [0.5, 0.6) is 5.75 Å². The second-order valence-corrected chi connectivity index (χ2v) is 5.33. The van der Waals surface area contributed by atoms with E-state index in [4.69, 9.17) is 10.5 Å². The number of ether oxygens (including phenoxy) is 1. The summed E-state index contributed by atoms with van der Waals surface area (Å²) >= 11 is 3.21. The van der Waals surface area contributed by atoms with E-state index < -0.39 is 4.92 Å². The Hall–Kier alpha value is -2.08. The lowest BCUT2D eigenvalue weighted by atomic mass is 10.1. The van der Waals surface area contributed by atoms with Gasteiger partial charge in [0.15, 0.2) is 0 Å². The van der Waals surface area contributed by atoms with Gasteiger partial charge in [0.05, 0.1) is 11.5 Å². The molecule has 5 nitrogen and oxygen atoms in total. The lowest BCUT2D eigenvalue weighted by molar-refractivity contribution is -0.385. The molecule has 2 N–H and O–H groups in total. The number of hydrogen-bond acceptors (Lipinski definition) is 4. The van der Waals surface area contributed by atoms with Crippen LogP contribution in [-0.4, -0.2) is 11.5 Å². The normalized spacial score (nSPS) is 10.3. The molecular formula is C15H15BrN2O3. The topological polar surface area (TPSA) is 78.4 Å². The number of benzene rings is 2. The maximum absolute atomic E-state index is 10.8. The van der Waals surface area contributed by atoms with Crippen LogP contribution in [0.1, 0.15) is 12.0 Å². The molecule has 0 spiro atoms. The van der Waals surface area contributed by atoms with Gasteiger partial charge in [-0.3, -0.25) is 10.1 Å². The number of aryl methyl sites for hydroxylation is 1. The molecule has 21 heavy (non-hydrogen) atoms. The van der Waals surface area contributed by atoms with Crippen LogP contribution in [0, 0.1) is 10.1 Å². The van der Waals surface area contributed by atoms with Crippen molar-refractivity contribution >= 4 is 27.3 Å². The molecular weight excluding hydrogens is 336 g/mol. The van der Waals surface area contributed by atoms with Gasteiger partial charge in [-0.25, -0.2) is 0 Å². The predicted octanol–water partition coefficient (Wildman–Crippen LogP) is 3.95. The molecule has 2 aromatic rings. The molecule has 0 bridgehead atoms. The molecule has 0 unspecified atom stereocenters. The smallest absolute Gasteiger partial charge is 0.287 e. The van der Waals surface area contributed by atoms with Crippen molar-refractivity contribution in [2.45, 2.75) is 12.8 Å². The van der Waals surface area contributed by atoms with Crippen LogP contribution in [-0.2, 0) is 6.42 Å². The minimum absolute atomic E-state index is 0.00559. The summed E-state index contributed by atoms with van der Waals surface area (Å²) in [5.41, 5.74) is 7.57. The van der Waals surface area contributed by atoms with E-state index in [1.165, 1.54) is 11.6 Å². The van der Waals surface area contributed by atoms with Gasteiger partial charge in [-0.15, -0.1) is 0 Å². The van der Waals surface area contributed by atoms with E-state index in [1.54, 1.807) is 12.1 Å². The zero-order valence-electron chi connectivity index (χ0n) is 11.3. The average Bonchev–Trinajstić information content (AvgIpc) is 2.46. The Morgan fingerprint density at radius 2 is 1.90 bits per heavy atom. The minimum Gasteiger partial charge on any atom is -0.492 e. The molecule has 2 rings (SSSR count). The second kappa shape index (κ2) is 7.08. The summed E-state index contributed by atoms with van der Waals surface area (Å²) < 4.78 is 5.97. The van der Waals surface area contributed by atoms with Crippen molar-refractivity contribution in [2.75, 3.05) is 12.3 Å². The fourth-order valence-electron chi connectivity index (χ4n) is 1.89. The molecule has 0 saturated heterocycles. The standard InChI is InChI=1S/C15H15BrN2O3/c16-15-13(18(19)20)4-1-5-14(15)21-10-2-3-11-6-8-12(17)9-7-11/h1,4-9H,2-3,10,17H2. The highest BCUT2D eigenvalue weighted by Crippen LogP contribution is 2.33. The van der Waals surface area contributed by atoms with Crippen molar-refractivity contribution in [3.05, 3.63) is 62.6 Å². The van der Waals surface area contributed by atoms with Crippen LogP contribution in [0.3, 0.4) is 0 Å². The lowest BCUT2D eigenvalue weighted by Gasteiger charge is -2.08. The molecule has 110 valence electrons. The molecule has 0 radical (unpaired) electrons. The number of rotatable bonds is 6. The van der Waals surface area contributed by atoms with Gasteiger partial charge >= 0.3 is 0 Å². The van der Waals surface area contributed by atoms with Crippen LogP contribution in [0.25, 0.3) is 0 Å². The third-order valence-electron chi connectivity index (χ3n) is 2.99. The Balaban J connectivity index is 1.88. The molecule has 0 aliphatic rings. The molecule has 2 aromatic carbocycles. The fraction of sp³-hybridized carbons (Fsp3) is 0.200. The maximum atomic E-state index is 10.8. The van der Waals surface area contributed by atoms with Crippen molar-refractivity contribution in [3.63, 3.8) is 0 Å². The summed E-state index contributed by atoms with van der Waals surface area (Å²) in [5.74, 6) is 0.488. The quantitative estimate of drug-likeness (QED) is 0.370. The van der Waals surface area contributed by atoms with Gasteiger partial charge in [-0.05, 0) is 52.5 Å². The van der Waals surface area contributed by atoms with E-state index in [1.807, 2.05) is 24.3 Å². The Kier molecular flexibility index (Phi) is 5.16. The predicted molar refractivity (Wildman–Crippen MR) is 85.5 cm³/mol. The van der Waals surface area contributed by atoms with Crippen LogP contribution in [0.15, 0.2) is 46.9 Å². The Labute approximate surface area is 131 Å². The van der Waals surface area contributed by atoms with Gasteiger partial charge < -0.3 is 10.5 Å². The summed E-state index contributed by atoms with van der Waals surface area (Å²) in [5, 5.41) is 10.8. The minimum atomic E-state index is -0.439. The van der Waals surface area contributed by atoms with Crippen LogP contribution in [0.2, 0.25) is 0 Å². The lowest BCUT2D eigenvalue weighted by Crippen LogP contribution is -2.01. The zero-order chi connectivity index (χ0) is 15.2. The number of nitro benzene ring substituents is 1. The van der Waals surface area contributed by atoms with Crippen molar-refractivity contribution in [3.8, 4) is 5.75 Å². The molecule has 0 aliphatic carbocycles. The van der Waals surface area contributed by atoms with Crippen LogP contribution in [0.4, 0.5) is 11.4 Å². The summed E-state index contributed by atoms with van der Waals surface area (Å²) in [4.78, 5) is 10.4. The van der Waals surface area contributed by atoms with Gasteiger partial charge in [0.1, 0.15) is 10.2 Å². The molecule has 0 aliphatic heterocycles. The van der Waals surface area contributed by atoms with E-state index >= 15 is 0 Å². The van der Waals surface area contributed by atoms with Gasteiger partial charge in [-0.2, -0.15) is 0 Å². The maximum Gasteiger partial charge on any atom is 0.287 e. The number of anilines is 1. The number of halogens is 1. The van der Waals surface area contributed by atoms with Crippen molar-refractivity contribution in [1.82, 2.24) is 0 Å². The Morgan fingerprint density at radius 3 is 2.57 bits per heavy atom. The van der Waals surface area contributed by atoms with E-state index in [0.29, 0.717) is 16.8 Å². The first kappa shape index (κ1) is 15.3. The summed E-state index contributed by atoms with van der Waals surface area (Å²) in [7, 11) is 0. The third-order valence-corrected chi connectivity index (χ3v) is 3.78. The molecule has 0 aromatic heterocycles. The van der Waals surface area contributed by atoms with Gasteiger partial charge in [0.25, 0.3) is 5.69 Å². The summed E-state index contributed by atoms with van der Waals surface area (Å²) in [6.07, 6.45) is 1.69. The highest BCUT2D eigenvalue weighted by atomic mass is 79.9. The van der Waals surface area contributed by atoms with E-state index in [-0.39, 0.29) is 5.69 Å². The van der Waals surface area contributed by atoms with Crippen LogP contribution < -0.4 is 10.5 Å². The first-order chi connectivity index (χ1) is 10.1. The van der Waals surface area contributed by atoms with Gasteiger partial charge in [0.2, 0.25) is 0 Å². The van der Waals surface area contributed by atoms with E-state index in [2.05, 4.69) is 15.9 Å². The van der Waals surface area contributed by atoms with Gasteiger partial charge in [0, 0.05) is 11.8 Å². The Morgan fingerprint density at radius 1 is 1.19 bits per heavy atom. The van der Waals surface area contributed by atoms with E-state index in [0.717, 1.165) is 18.5 Å². The van der Waals surface area contributed by atoms with Gasteiger partial charge in [-0.1, -0.05) is 18.2 Å². The van der Waals surface area contributed by atoms with E-state index in [9.17, 15) is 10.1 Å². The Bertz CT molecular complexity index is 629. The largest absolute Gasteiger partial charge is 0.492 e. The molecule has 0 amide bonds. The molecule has 0 heterocycles. The highest BCUT2D eigenvalue weighted by molar-refractivity contribution is 9.10. The average molecular weight is 351 g/mol. The molecule has 0 saturated carbocycles. The highest BCUT2D eigenvalue weighted by Gasteiger charge is 2.15. The molecule has 0 fully saturated rings.